The molecule has 284 valence electrons. The van der Waals surface area contributed by atoms with Crippen LogP contribution in [0.3, 0.4) is 0 Å². The van der Waals surface area contributed by atoms with Crippen LogP contribution in [0.15, 0.2) is 0 Å². The molecule has 0 aromatic rings. The fourth-order valence-corrected chi connectivity index (χ4v) is 17.7. The zero-order valence-electron chi connectivity index (χ0n) is 23.7. The highest BCUT2D eigenvalue weighted by Gasteiger charge is 2.60. The number of unbranched alkanes of at least 4 members (excludes halogenated alkanes) is 3. The predicted molar refractivity (Wildman–Crippen MR) is 160 cm³/mol. The van der Waals surface area contributed by atoms with Crippen LogP contribution >= 0.6 is 60.8 Å². The fourth-order valence-electron chi connectivity index (χ4n) is 4.58. The average molecular weight is 853 g/mol. The SMILES string of the molecule is O=P(O)(O)CC(CCCCCCN(C(CP(=O)(O)O)P(=O)(O)O)C(C(C(CP(=O)(O)O)P(=O)(O)O)P(=O)(O)O)P(=O)(O)O)P(=O)(O)O. The Balaban J connectivity index is 6.99. The van der Waals surface area contributed by atoms with E-state index >= 15 is 0 Å². The third-order valence-corrected chi connectivity index (χ3v) is 17.1. The summed E-state index contributed by atoms with van der Waals surface area (Å²) in [5, 5.41) is 0. The van der Waals surface area contributed by atoms with Gasteiger partial charge in [-0.2, -0.15) is 0 Å². The molecule has 5 unspecified atom stereocenters. The average Bonchev–Trinajstić information content (AvgIpc) is 2.73. The number of rotatable bonds is 22. The molecule has 25 nitrogen and oxygen atoms in total. The molecule has 0 aliphatic heterocycles. The van der Waals surface area contributed by atoms with Crippen LogP contribution in [0.1, 0.15) is 32.1 Å². The maximum atomic E-state index is 12.8. The number of hydrogen-bond acceptors (Lipinski definition) is 9. The lowest BCUT2D eigenvalue weighted by molar-refractivity contribution is 0.161. The molecule has 5 atom stereocenters. The quantitative estimate of drug-likeness (QED) is 0.0431. The molecule has 0 saturated heterocycles. The Morgan fingerprint density at radius 1 is 0.426 bits per heavy atom. The van der Waals surface area contributed by atoms with Crippen LogP contribution in [-0.4, -0.2) is 137 Å². The fraction of sp³-hybridized carbons (Fsp3) is 1.00. The van der Waals surface area contributed by atoms with E-state index in [1.165, 1.54) is 0 Å². The van der Waals surface area contributed by atoms with Crippen molar-refractivity contribution >= 4 is 60.8 Å². The van der Waals surface area contributed by atoms with Crippen LogP contribution in [0.2, 0.25) is 0 Å². The molecule has 16 N–H and O–H groups in total. The van der Waals surface area contributed by atoms with Crippen LogP contribution in [0.4, 0.5) is 0 Å². The van der Waals surface area contributed by atoms with Crippen molar-refractivity contribution < 1.29 is 115 Å². The summed E-state index contributed by atoms with van der Waals surface area (Å²) in [6.45, 7) is -1.18. The minimum Gasteiger partial charge on any atom is -0.324 e. The summed E-state index contributed by atoms with van der Waals surface area (Å²) in [5.74, 6) is -6.50. The Bertz CT molecular complexity index is 1420. The minimum atomic E-state index is -6.41. The molecule has 0 rings (SSSR count). The highest BCUT2D eigenvalue weighted by atomic mass is 31.2. The van der Waals surface area contributed by atoms with Gasteiger partial charge >= 0.3 is 60.8 Å². The van der Waals surface area contributed by atoms with Gasteiger partial charge in [-0.3, -0.25) is 41.4 Å². The molecule has 47 heavy (non-hydrogen) atoms. The summed E-state index contributed by atoms with van der Waals surface area (Å²) >= 11 is 0. The third-order valence-electron chi connectivity index (χ3n) is 6.43. The molecule has 0 amide bonds. The molecule has 0 aliphatic rings. The molecule has 0 radical (unpaired) electrons. The van der Waals surface area contributed by atoms with Gasteiger partial charge in [0.25, 0.3) is 0 Å². The van der Waals surface area contributed by atoms with Crippen molar-refractivity contribution in [1.82, 2.24) is 4.90 Å². The molecule has 0 heterocycles. The Morgan fingerprint density at radius 2 is 0.851 bits per heavy atom. The summed E-state index contributed by atoms with van der Waals surface area (Å²) in [6, 6.07) is 0. The summed E-state index contributed by atoms with van der Waals surface area (Å²) in [5.41, 5.74) is -8.65. The third kappa shape index (κ3) is 19.0. The van der Waals surface area contributed by atoms with Crippen LogP contribution in [0, 0.1) is 0 Å². The van der Waals surface area contributed by atoms with Gasteiger partial charge in [-0.1, -0.05) is 19.3 Å². The number of nitrogens with zero attached hydrogens (tertiary/aromatic N) is 1. The second-order valence-electron chi connectivity index (χ2n) is 10.5. The van der Waals surface area contributed by atoms with Crippen molar-refractivity contribution in [3.8, 4) is 0 Å². The van der Waals surface area contributed by atoms with E-state index in [1.807, 2.05) is 0 Å². The van der Waals surface area contributed by atoms with Gasteiger partial charge in [0.05, 0.1) is 29.8 Å². The highest BCUT2D eigenvalue weighted by molar-refractivity contribution is 7.61. The summed E-state index contributed by atoms with van der Waals surface area (Å²) in [6.07, 6.45) is -7.03. The lowest BCUT2D eigenvalue weighted by atomic mass is 10.1. The summed E-state index contributed by atoms with van der Waals surface area (Å²) in [4.78, 5) is 154. The van der Waals surface area contributed by atoms with E-state index in [9.17, 15) is 105 Å². The van der Waals surface area contributed by atoms with E-state index in [0.717, 1.165) is 0 Å². The van der Waals surface area contributed by atoms with Gasteiger partial charge in [-0.15, -0.1) is 0 Å². The van der Waals surface area contributed by atoms with E-state index in [2.05, 4.69) is 0 Å². The Kier molecular flexibility index (Phi) is 17.8. The normalized spacial score (nSPS) is 18.1. The first kappa shape index (κ1) is 48.2. The van der Waals surface area contributed by atoms with Crippen LogP contribution in [0.5, 0.6) is 0 Å². The first-order valence-corrected chi connectivity index (χ1v) is 26.3. The zero-order valence-corrected chi connectivity index (χ0v) is 30.9. The number of hydrogen-bond donors (Lipinski definition) is 16. The molecule has 0 saturated carbocycles. The maximum Gasteiger partial charge on any atom is 0.343 e. The molecule has 0 aromatic carbocycles. The highest BCUT2D eigenvalue weighted by Crippen LogP contribution is 2.66. The van der Waals surface area contributed by atoms with Gasteiger partial charge in [0.15, 0.2) is 0 Å². The smallest absolute Gasteiger partial charge is 0.324 e. The lowest BCUT2D eigenvalue weighted by Gasteiger charge is -2.43. The standard InChI is InChI=1S/C14H39NO24P8/c16-40(17,18)7-10(43(25,26)27)5-3-1-2-4-6-15(12(45(31,32)33)9-42(22,23)24)14(47(37,38)39)13(46(34,35)36)11(44(28,29)30)8-41(19,20)21/h10-14H,1-9H2,(H2,16,17,18)(H2,19,20,21)(H2,22,23,24)(H2,25,26,27)(H2,28,29,30)(H2,31,32,33)(H2,34,35,36)(H2,37,38,39). The van der Waals surface area contributed by atoms with E-state index in [1.54, 1.807) is 0 Å². The van der Waals surface area contributed by atoms with Gasteiger partial charge < -0.3 is 78.3 Å². The van der Waals surface area contributed by atoms with Crippen LogP contribution in [-0.2, 0) is 36.5 Å². The maximum absolute atomic E-state index is 12.8. The van der Waals surface area contributed by atoms with Crippen molar-refractivity contribution in [3.63, 3.8) is 0 Å². The zero-order chi connectivity index (χ0) is 37.8. The van der Waals surface area contributed by atoms with Crippen molar-refractivity contribution in [3.05, 3.63) is 0 Å². The first-order valence-electron chi connectivity index (χ1n) is 12.5. The van der Waals surface area contributed by atoms with E-state index in [-0.39, 0.29) is 24.2 Å². The Hall–Kier alpha value is 1.16. The van der Waals surface area contributed by atoms with Crippen LogP contribution < -0.4 is 0 Å². The van der Waals surface area contributed by atoms with Gasteiger partial charge in [0, 0.05) is 6.54 Å². The second kappa shape index (κ2) is 17.3. The summed E-state index contributed by atoms with van der Waals surface area (Å²) in [7, 11) is -46.3. The molecular weight excluding hydrogens is 814 g/mol. The predicted octanol–water partition coefficient (Wildman–Crippen LogP) is -1.58. The van der Waals surface area contributed by atoms with E-state index < -0.39 is 127 Å². The molecule has 0 fully saturated rings. The van der Waals surface area contributed by atoms with Gasteiger partial charge in [0.2, 0.25) is 0 Å². The molecule has 0 aliphatic carbocycles. The van der Waals surface area contributed by atoms with Crippen molar-refractivity contribution in [2.24, 2.45) is 0 Å². The second-order valence-corrected chi connectivity index (χ2v) is 24.6. The monoisotopic (exact) mass is 853 g/mol. The first-order chi connectivity index (χ1) is 20.4. The largest absolute Gasteiger partial charge is 0.343 e. The van der Waals surface area contributed by atoms with Crippen molar-refractivity contribution in [2.45, 2.75) is 60.6 Å². The van der Waals surface area contributed by atoms with Crippen LogP contribution in [0.25, 0.3) is 0 Å². The molecule has 33 heteroatoms. The van der Waals surface area contributed by atoms with Crippen molar-refractivity contribution in [1.29, 1.82) is 0 Å². The topological polar surface area (TPSA) is 463 Å². The van der Waals surface area contributed by atoms with Gasteiger partial charge in [-0.25, -0.2) is 0 Å². The Morgan fingerprint density at radius 3 is 1.17 bits per heavy atom. The Labute approximate surface area is 266 Å². The lowest BCUT2D eigenvalue weighted by Crippen LogP contribution is -2.54. The van der Waals surface area contributed by atoms with Crippen molar-refractivity contribution in [2.75, 3.05) is 25.0 Å². The van der Waals surface area contributed by atoms with Gasteiger partial charge in [0.1, 0.15) is 17.2 Å². The molecular formula is C14H39NO24P8. The van der Waals surface area contributed by atoms with E-state index in [0.29, 0.717) is 0 Å². The summed E-state index contributed by atoms with van der Waals surface area (Å²) < 4.78 is 96.3. The molecule has 0 spiro atoms. The van der Waals surface area contributed by atoms with E-state index in [4.69, 9.17) is 9.79 Å². The van der Waals surface area contributed by atoms with Gasteiger partial charge in [-0.05, 0) is 12.8 Å². The minimum absolute atomic E-state index is 0.156. The molecule has 0 aromatic heterocycles. The molecule has 0 bridgehead atoms.